The van der Waals surface area contributed by atoms with Gasteiger partial charge in [0.25, 0.3) is 0 Å². The summed E-state index contributed by atoms with van der Waals surface area (Å²) < 4.78 is 58.0. The van der Waals surface area contributed by atoms with E-state index in [4.69, 9.17) is 4.74 Å². The van der Waals surface area contributed by atoms with Gasteiger partial charge >= 0.3 is 18.1 Å². The maximum Gasteiger partial charge on any atom is 0.425 e. The van der Waals surface area contributed by atoms with Crippen LogP contribution in [0.3, 0.4) is 0 Å². The van der Waals surface area contributed by atoms with Crippen LogP contribution in [0, 0.1) is 5.82 Å². The Balaban J connectivity index is 2.38. The number of benzene rings is 1. The summed E-state index contributed by atoms with van der Waals surface area (Å²) in [6.07, 6.45) is -7.93. The van der Waals surface area contributed by atoms with Crippen molar-refractivity contribution in [2.75, 3.05) is 0 Å². The largest absolute Gasteiger partial charge is 0.453 e. The van der Waals surface area contributed by atoms with E-state index in [1.54, 1.807) is 0 Å². The van der Waals surface area contributed by atoms with Crippen LogP contribution < -0.4 is 4.74 Å². The van der Waals surface area contributed by atoms with E-state index in [1.165, 1.54) is 12.1 Å². The van der Waals surface area contributed by atoms with Crippen molar-refractivity contribution in [3.05, 3.63) is 30.1 Å². The second-order valence-electron chi connectivity index (χ2n) is 4.11. The topological polar surface area (TPSA) is 52.6 Å². The van der Waals surface area contributed by atoms with Crippen molar-refractivity contribution in [3.63, 3.8) is 0 Å². The smallest absolute Gasteiger partial charge is 0.425 e. The van der Waals surface area contributed by atoms with Gasteiger partial charge in [0.2, 0.25) is 0 Å². The molecule has 21 heavy (non-hydrogen) atoms. The van der Waals surface area contributed by atoms with E-state index >= 15 is 0 Å². The number of ether oxygens (including phenoxy) is 2. The molecule has 1 rings (SSSR count). The van der Waals surface area contributed by atoms with Crippen LogP contribution in [-0.4, -0.2) is 24.2 Å². The number of rotatable bonds is 5. The van der Waals surface area contributed by atoms with Gasteiger partial charge in [0.05, 0.1) is 12.8 Å². The molecule has 0 bridgehead atoms. The summed E-state index contributed by atoms with van der Waals surface area (Å²) in [5.41, 5.74) is 0. The average molecular weight is 308 g/mol. The van der Waals surface area contributed by atoms with Crippen molar-refractivity contribution in [2.24, 2.45) is 0 Å². The second-order valence-corrected chi connectivity index (χ2v) is 4.11. The van der Waals surface area contributed by atoms with Gasteiger partial charge in [-0.2, -0.15) is 13.2 Å². The molecule has 1 aromatic rings. The van der Waals surface area contributed by atoms with E-state index < -0.39 is 42.9 Å². The van der Waals surface area contributed by atoms with Crippen LogP contribution in [0.25, 0.3) is 0 Å². The van der Waals surface area contributed by atoms with E-state index in [2.05, 4.69) is 4.74 Å². The molecule has 1 unspecified atom stereocenters. The monoisotopic (exact) mass is 308 g/mol. The summed E-state index contributed by atoms with van der Waals surface area (Å²) in [5.74, 6) is -2.72. The third kappa shape index (κ3) is 6.24. The Bertz CT molecular complexity index is 513. The molecule has 0 aliphatic rings. The van der Waals surface area contributed by atoms with Crippen molar-refractivity contribution >= 4 is 11.9 Å². The minimum absolute atomic E-state index is 0.0583. The predicted octanol–water partition coefficient (Wildman–Crippen LogP) is 3.01. The first kappa shape index (κ1) is 16.9. The average Bonchev–Trinajstić information content (AvgIpc) is 2.35. The number of carbonyl (C=O) groups is 2. The van der Waals surface area contributed by atoms with Crippen LogP contribution in [0.4, 0.5) is 17.6 Å². The molecular formula is C13H12F4O4. The van der Waals surface area contributed by atoms with Gasteiger partial charge in [-0.25, -0.2) is 4.39 Å². The van der Waals surface area contributed by atoms with Gasteiger partial charge in [0.15, 0.2) is 6.10 Å². The van der Waals surface area contributed by atoms with Crippen molar-refractivity contribution in [2.45, 2.75) is 32.0 Å². The highest BCUT2D eigenvalue weighted by Gasteiger charge is 2.39. The molecule has 0 spiro atoms. The SMILES string of the molecule is CC(OC(=O)CCC(=O)Oc1cccc(F)c1)C(F)(F)F. The fourth-order valence-corrected chi connectivity index (χ4v) is 1.24. The summed E-state index contributed by atoms with van der Waals surface area (Å²) in [7, 11) is 0. The zero-order chi connectivity index (χ0) is 16.0. The van der Waals surface area contributed by atoms with E-state index in [0.717, 1.165) is 12.1 Å². The minimum Gasteiger partial charge on any atom is -0.453 e. The molecule has 1 atom stereocenters. The van der Waals surface area contributed by atoms with Crippen LogP contribution in [0.1, 0.15) is 19.8 Å². The van der Waals surface area contributed by atoms with Gasteiger partial charge < -0.3 is 9.47 Å². The van der Waals surface area contributed by atoms with Crippen molar-refractivity contribution < 1.29 is 36.6 Å². The van der Waals surface area contributed by atoms with Gasteiger partial charge in [-0.05, 0) is 19.1 Å². The standard InChI is InChI=1S/C13H12F4O4/c1-8(13(15,16)17)20-11(18)5-6-12(19)21-10-4-2-3-9(14)7-10/h2-4,7-8H,5-6H2,1H3. The highest BCUT2D eigenvalue weighted by molar-refractivity contribution is 5.79. The van der Waals surface area contributed by atoms with Crippen molar-refractivity contribution in [3.8, 4) is 5.75 Å². The first-order valence-electron chi connectivity index (χ1n) is 5.91. The van der Waals surface area contributed by atoms with Crippen LogP contribution >= 0.6 is 0 Å². The quantitative estimate of drug-likeness (QED) is 0.477. The molecule has 0 fully saturated rings. The van der Waals surface area contributed by atoms with E-state index in [0.29, 0.717) is 6.92 Å². The lowest BCUT2D eigenvalue weighted by Crippen LogP contribution is -2.31. The van der Waals surface area contributed by atoms with Crippen molar-refractivity contribution in [1.82, 2.24) is 0 Å². The molecule has 8 heteroatoms. The van der Waals surface area contributed by atoms with Gasteiger partial charge in [0, 0.05) is 6.07 Å². The lowest BCUT2D eigenvalue weighted by atomic mass is 10.3. The molecular weight excluding hydrogens is 296 g/mol. The number of hydrogen-bond donors (Lipinski definition) is 0. The molecule has 0 saturated carbocycles. The lowest BCUT2D eigenvalue weighted by molar-refractivity contribution is -0.216. The Kier molecular flexibility index (Phi) is 5.69. The zero-order valence-corrected chi connectivity index (χ0v) is 10.9. The summed E-state index contributed by atoms with van der Waals surface area (Å²) in [5, 5.41) is 0. The van der Waals surface area contributed by atoms with Crippen LogP contribution in [0.15, 0.2) is 24.3 Å². The summed E-state index contributed by atoms with van der Waals surface area (Å²) >= 11 is 0. The molecule has 0 aliphatic heterocycles. The van der Waals surface area contributed by atoms with Gasteiger partial charge in [-0.3, -0.25) is 9.59 Å². The molecule has 0 saturated heterocycles. The third-order valence-electron chi connectivity index (χ3n) is 2.33. The first-order chi connectivity index (χ1) is 9.68. The maximum atomic E-state index is 12.8. The molecule has 0 aliphatic carbocycles. The molecule has 0 radical (unpaired) electrons. The van der Waals surface area contributed by atoms with Crippen LogP contribution in [0.2, 0.25) is 0 Å². The maximum absolute atomic E-state index is 12.8. The number of esters is 2. The Hall–Kier alpha value is -2.12. The second kappa shape index (κ2) is 7.05. The lowest BCUT2D eigenvalue weighted by Gasteiger charge is -2.15. The summed E-state index contributed by atoms with van der Waals surface area (Å²) in [4.78, 5) is 22.5. The van der Waals surface area contributed by atoms with E-state index in [9.17, 15) is 27.2 Å². The molecule has 0 amide bonds. The highest BCUT2D eigenvalue weighted by atomic mass is 19.4. The Morgan fingerprint density at radius 3 is 2.38 bits per heavy atom. The van der Waals surface area contributed by atoms with Crippen LogP contribution in [-0.2, 0) is 14.3 Å². The number of carbonyl (C=O) groups excluding carboxylic acids is 2. The summed E-state index contributed by atoms with van der Waals surface area (Å²) in [6, 6.07) is 4.75. The fraction of sp³-hybridized carbons (Fsp3) is 0.385. The van der Waals surface area contributed by atoms with E-state index in [-0.39, 0.29) is 5.75 Å². The molecule has 0 heterocycles. The van der Waals surface area contributed by atoms with Crippen LogP contribution in [0.5, 0.6) is 5.75 Å². The number of halogens is 4. The molecule has 0 aromatic heterocycles. The third-order valence-corrected chi connectivity index (χ3v) is 2.33. The predicted molar refractivity (Wildman–Crippen MR) is 62.9 cm³/mol. The highest BCUT2D eigenvalue weighted by Crippen LogP contribution is 2.22. The molecule has 1 aromatic carbocycles. The van der Waals surface area contributed by atoms with Gasteiger partial charge in [-0.1, -0.05) is 6.07 Å². The number of hydrogen-bond acceptors (Lipinski definition) is 4. The van der Waals surface area contributed by atoms with Gasteiger partial charge in [-0.15, -0.1) is 0 Å². The summed E-state index contributed by atoms with van der Waals surface area (Å²) in [6.45, 7) is 0.683. The Labute approximate surface area is 117 Å². The number of alkyl halides is 3. The Morgan fingerprint density at radius 2 is 1.81 bits per heavy atom. The van der Waals surface area contributed by atoms with Gasteiger partial charge in [0.1, 0.15) is 11.6 Å². The molecule has 0 N–H and O–H groups in total. The first-order valence-corrected chi connectivity index (χ1v) is 5.91. The zero-order valence-electron chi connectivity index (χ0n) is 10.9. The fourth-order valence-electron chi connectivity index (χ4n) is 1.24. The minimum atomic E-state index is -4.66. The molecule has 116 valence electrons. The van der Waals surface area contributed by atoms with E-state index in [1.807, 2.05) is 0 Å². The molecule has 4 nitrogen and oxygen atoms in total. The van der Waals surface area contributed by atoms with Crippen molar-refractivity contribution in [1.29, 1.82) is 0 Å². The normalized spacial score (nSPS) is 12.6. The Morgan fingerprint density at radius 1 is 1.19 bits per heavy atom.